The van der Waals surface area contributed by atoms with Crippen LogP contribution in [-0.4, -0.2) is 45.0 Å². The Morgan fingerprint density at radius 3 is 3.04 bits per heavy atom. The Balaban J connectivity index is 1.50. The van der Waals surface area contributed by atoms with E-state index in [-0.39, 0.29) is 5.92 Å². The second-order valence-electron chi connectivity index (χ2n) is 6.82. The molecule has 0 aliphatic carbocycles. The fourth-order valence-electron chi connectivity index (χ4n) is 3.54. The molecular formula is C19H23N5O3. The molecule has 2 unspecified atom stereocenters. The summed E-state index contributed by atoms with van der Waals surface area (Å²) < 4.78 is 12.6. The number of benzene rings is 1. The van der Waals surface area contributed by atoms with Crippen LogP contribution < -0.4 is 9.64 Å². The molecule has 0 amide bonds. The molecule has 0 bridgehead atoms. The van der Waals surface area contributed by atoms with E-state index in [9.17, 15) is 5.11 Å². The summed E-state index contributed by atoms with van der Waals surface area (Å²) in [6.45, 7) is 1.47. The summed E-state index contributed by atoms with van der Waals surface area (Å²) in [6, 6.07) is 8.03. The van der Waals surface area contributed by atoms with Gasteiger partial charge >= 0.3 is 6.01 Å². The monoisotopic (exact) mass is 369 g/mol. The van der Waals surface area contributed by atoms with E-state index in [0.717, 1.165) is 30.7 Å². The van der Waals surface area contributed by atoms with Crippen LogP contribution in [0, 0.1) is 5.92 Å². The van der Waals surface area contributed by atoms with Gasteiger partial charge < -0.3 is 23.8 Å². The van der Waals surface area contributed by atoms with Gasteiger partial charge in [-0.15, -0.1) is 0 Å². The van der Waals surface area contributed by atoms with E-state index in [2.05, 4.69) is 15.1 Å². The normalized spacial score (nSPS) is 18.5. The minimum absolute atomic E-state index is 0.0621. The highest BCUT2D eigenvalue weighted by molar-refractivity contribution is 5.58. The molecule has 3 aromatic rings. The second kappa shape index (κ2) is 7.40. The smallest absolute Gasteiger partial charge is 0.324 e. The van der Waals surface area contributed by atoms with Crippen LogP contribution in [0.25, 0.3) is 11.4 Å². The van der Waals surface area contributed by atoms with E-state index in [0.29, 0.717) is 24.2 Å². The molecule has 8 heteroatoms. The summed E-state index contributed by atoms with van der Waals surface area (Å²) in [4.78, 5) is 10.9. The number of rotatable bonds is 5. The van der Waals surface area contributed by atoms with Crippen LogP contribution in [-0.2, 0) is 7.05 Å². The lowest BCUT2D eigenvalue weighted by molar-refractivity contribution is 0.0864. The molecule has 1 saturated heterocycles. The number of aliphatic hydroxyl groups is 1. The quantitative estimate of drug-likeness (QED) is 0.739. The number of piperidine rings is 1. The van der Waals surface area contributed by atoms with Crippen LogP contribution >= 0.6 is 0 Å². The Morgan fingerprint density at radius 2 is 2.26 bits per heavy atom. The van der Waals surface area contributed by atoms with E-state index in [1.807, 2.05) is 47.0 Å². The highest BCUT2D eigenvalue weighted by Crippen LogP contribution is 2.31. The average Bonchev–Trinajstić information content (AvgIpc) is 3.37. The van der Waals surface area contributed by atoms with Gasteiger partial charge in [0.1, 0.15) is 17.7 Å². The summed E-state index contributed by atoms with van der Waals surface area (Å²) in [5.74, 6) is 2.02. The van der Waals surface area contributed by atoms with Crippen molar-refractivity contribution in [3.8, 4) is 17.1 Å². The number of hydrogen-bond acceptors (Lipinski definition) is 7. The number of methoxy groups -OCH3 is 1. The van der Waals surface area contributed by atoms with Gasteiger partial charge in [-0.3, -0.25) is 0 Å². The molecule has 2 aromatic heterocycles. The molecule has 2 atom stereocenters. The number of ether oxygens (including phenoxy) is 1. The number of hydrogen-bond donors (Lipinski definition) is 1. The summed E-state index contributed by atoms with van der Waals surface area (Å²) in [5.41, 5.74) is 0.839. The van der Waals surface area contributed by atoms with Crippen LogP contribution in [0.3, 0.4) is 0 Å². The first-order valence-electron chi connectivity index (χ1n) is 9.04. The van der Waals surface area contributed by atoms with Gasteiger partial charge in [-0.05, 0) is 25.0 Å². The largest absolute Gasteiger partial charge is 0.497 e. The predicted molar refractivity (Wildman–Crippen MR) is 99.4 cm³/mol. The number of nitrogens with zero attached hydrogens (tertiary/aromatic N) is 5. The molecule has 1 N–H and O–H groups in total. The van der Waals surface area contributed by atoms with Crippen LogP contribution in [0.2, 0.25) is 0 Å². The molecule has 0 radical (unpaired) electrons. The fraction of sp³-hybridized carbons (Fsp3) is 0.421. The molecular weight excluding hydrogens is 346 g/mol. The van der Waals surface area contributed by atoms with Crippen molar-refractivity contribution in [2.24, 2.45) is 13.0 Å². The number of aromatic nitrogens is 4. The van der Waals surface area contributed by atoms with Crippen LogP contribution in [0.4, 0.5) is 6.01 Å². The lowest BCUT2D eigenvalue weighted by atomic mass is 9.92. The van der Waals surface area contributed by atoms with Crippen LogP contribution in [0.15, 0.2) is 41.2 Å². The topological polar surface area (TPSA) is 89.4 Å². The first-order chi connectivity index (χ1) is 13.2. The summed E-state index contributed by atoms with van der Waals surface area (Å²) >= 11 is 0. The van der Waals surface area contributed by atoms with Gasteiger partial charge in [0.05, 0.1) is 7.11 Å². The van der Waals surface area contributed by atoms with E-state index in [4.69, 9.17) is 9.26 Å². The van der Waals surface area contributed by atoms with Crippen molar-refractivity contribution < 1.29 is 14.4 Å². The van der Waals surface area contributed by atoms with Gasteiger partial charge in [0.25, 0.3) is 0 Å². The average molecular weight is 369 g/mol. The van der Waals surface area contributed by atoms with Gasteiger partial charge in [-0.25, -0.2) is 4.98 Å². The summed E-state index contributed by atoms with van der Waals surface area (Å²) in [6.07, 6.45) is 4.81. The van der Waals surface area contributed by atoms with E-state index in [1.54, 1.807) is 13.3 Å². The second-order valence-corrected chi connectivity index (χ2v) is 6.82. The minimum Gasteiger partial charge on any atom is -0.497 e. The zero-order valence-corrected chi connectivity index (χ0v) is 15.4. The molecule has 142 valence electrons. The highest BCUT2D eigenvalue weighted by Gasteiger charge is 2.31. The lowest BCUT2D eigenvalue weighted by Crippen LogP contribution is -2.38. The van der Waals surface area contributed by atoms with E-state index >= 15 is 0 Å². The summed E-state index contributed by atoms with van der Waals surface area (Å²) in [5, 5.41) is 14.8. The maximum Gasteiger partial charge on any atom is 0.324 e. The van der Waals surface area contributed by atoms with Gasteiger partial charge in [0, 0.05) is 44.0 Å². The molecule has 1 aliphatic heterocycles. The number of imidazole rings is 1. The van der Waals surface area contributed by atoms with Gasteiger partial charge in [0.2, 0.25) is 5.82 Å². The van der Waals surface area contributed by atoms with Crippen molar-refractivity contribution >= 4 is 6.01 Å². The molecule has 0 spiro atoms. The first-order valence-corrected chi connectivity index (χ1v) is 9.04. The van der Waals surface area contributed by atoms with Gasteiger partial charge in [0.15, 0.2) is 0 Å². The third-order valence-electron chi connectivity index (χ3n) is 5.04. The molecule has 4 rings (SSSR count). The summed E-state index contributed by atoms with van der Waals surface area (Å²) in [7, 11) is 3.52. The Hall–Kier alpha value is -2.87. The van der Waals surface area contributed by atoms with E-state index in [1.165, 1.54) is 0 Å². The Kier molecular flexibility index (Phi) is 4.81. The number of aliphatic hydroxyl groups excluding tert-OH is 1. The lowest BCUT2D eigenvalue weighted by Gasteiger charge is -2.33. The SMILES string of the molecule is COc1cccc(-c2noc(N3CCCC(C(O)c4nccn4C)C3)n2)c1. The Labute approximate surface area is 157 Å². The van der Waals surface area contributed by atoms with E-state index < -0.39 is 6.10 Å². The van der Waals surface area contributed by atoms with Crippen molar-refractivity contribution in [3.63, 3.8) is 0 Å². The van der Waals surface area contributed by atoms with Crippen LogP contribution in [0.5, 0.6) is 5.75 Å². The highest BCUT2D eigenvalue weighted by atomic mass is 16.5. The molecule has 8 nitrogen and oxygen atoms in total. The molecule has 1 aliphatic rings. The maximum absolute atomic E-state index is 10.7. The molecule has 3 heterocycles. The predicted octanol–water partition coefficient (Wildman–Crippen LogP) is 2.43. The zero-order chi connectivity index (χ0) is 18.8. The fourth-order valence-corrected chi connectivity index (χ4v) is 3.54. The number of aryl methyl sites for hydroxylation is 1. The van der Waals surface area contributed by atoms with Crippen LogP contribution in [0.1, 0.15) is 24.8 Å². The zero-order valence-electron chi connectivity index (χ0n) is 15.4. The van der Waals surface area contributed by atoms with Crippen molar-refractivity contribution in [1.82, 2.24) is 19.7 Å². The molecule has 0 saturated carbocycles. The molecule has 27 heavy (non-hydrogen) atoms. The van der Waals surface area contributed by atoms with Crippen molar-refractivity contribution in [1.29, 1.82) is 0 Å². The standard InChI is InChI=1S/C19H23N5O3/c1-23-10-8-20-18(23)16(25)14-6-4-9-24(12-14)19-21-17(22-27-19)13-5-3-7-15(11-13)26-2/h3,5,7-8,10-11,14,16,25H,4,6,9,12H2,1-2H3. The third kappa shape index (κ3) is 3.52. The van der Waals surface area contributed by atoms with Gasteiger partial charge in [-0.2, -0.15) is 4.98 Å². The Morgan fingerprint density at radius 1 is 1.37 bits per heavy atom. The van der Waals surface area contributed by atoms with Crippen molar-refractivity contribution in [2.75, 3.05) is 25.1 Å². The van der Waals surface area contributed by atoms with Gasteiger partial charge in [-0.1, -0.05) is 17.3 Å². The number of anilines is 1. The minimum atomic E-state index is -0.617. The van der Waals surface area contributed by atoms with Crippen molar-refractivity contribution in [3.05, 3.63) is 42.5 Å². The first kappa shape index (κ1) is 17.5. The molecule has 1 fully saturated rings. The van der Waals surface area contributed by atoms with Crippen molar-refractivity contribution in [2.45, 2.75) is 18.9 Å². The Bertz CT molecular complexity index is 906. The maximum atomic E-state index is 10.7. The molecule has 1 aromatic carbocycles. The third-order valence-corrected chi connectivity index (χ3v) is 5.04.